The molecule has 0 radical (unpaired) electrons. The lowest BCUT2D eigenvalue weighted by Gasteiger charge is -2.16. The largest absolute Gasteiger partial charge is 0.395 e. The third-order valence-electron chi connectivity index (χ3n) is 2.89. The number of amides is 1. The predicted octanol–water partition coefficient (Wildman–Crippen LogP) is 2.23. The molecule has 114 valence electrons. The normalized spacial score (nSPS) is 11.4. The molecule has 1 aromatic rings. The third kappa shape index (κ3) is 5.76. The van der Waals surface area contributed by atoms with Crippen molar-refractivity contribution in [2.24, 2.45) is 0 Å². The van der Waals surface area contributed by atoms with Crippen LogP contribution in [0.3, 0.4) is 0 Å². The number of halogens is 1. The number of carbonyl (C=O) groups excluding carboxylic acids is 1. The Bertz CT molecular complexity index is 534. The molecular weight excluding hydrogens is 290 g/mol. The number of benzene rings is 1. The van der Waals surface area contributed by atoms with Crippen molar-refractivity contribution < 1.29 is 14.6 Å². The molecule has 0 spiro atoms. The van der Waals surface area contributed by atoms with E-state index in [1.165, 1.54) is 0 Å². The molecule has 1 unspecified atom stereocenters. The van der Waals surface area contributed by atoms with Crippen LogP contribution < -0.4 is 5.32 Å². The fourth-order valence-corrected chi connectivity index (χ4v) is 1.93. The quantitative estimate of drug-likeness (QED) is 0.792. The highest BCUT2D eigenvalue weighted by Gasteiger charge is 2.13. The SMILES string of the molecule is CCC(COC)NC(=O)c1ccc(C#CCCO)c(Cl)c1. The minimum atomic E-state index is -0.185. The van der Waals surface area contributed by atoms with Crippen molar-refractivity contribution in [3.63, 3.8) is 0 Å². The number of hydrogen-bond donors (Lipinski definition) is 2. The summed E-state index contributed by atoms with van der Waals surface area (Å²) in [5, 5.41) is 12.0. The van der Waals surface area contributed by atoms with Gasteiger partial charge in [-0.15, -0.1) is 0 Å². The highest BCUT2D eigenvalue weighted by atomic mass is 35.5. The van der Waals surface area contributed by atoms with Crippen LogP contribution in [0.4, 0.5) is 0 Å². The summed E-state index contributed by atoms with van der Waals surface area (Å²) in [7, 11) is 1.60. The molecule has 0 heterocycles. The number of nitrogens with one attached hydrogen (secondary N) is 1. The summed E-state index contributed by atoms with van der Waals surface area (Å²) in [6, 6.07) is 4.97. The number of ether oxygens (including phenoxy) is 1. The maximum absolute atomic E-state index is 12.1. The molecule has 1 amide bonds. The number of methoxy groups -OCH3 is 1. The molecule has 0 aliphatic rings. The molecule has 1 aromatic carbocycles. The molecule has 21 heavy (non-hydrogen) atoms. The van der Waals surface area contributed by atoms with E-state index >= 15 is 0 Å². The summed E-state index contributed by atoms with van der Waals surface area (Å²) in [6.45, 7) is 2.47. The zero-order valence-corrected chi connectivity index (χ0v) is 13.0. The zero-order valence-electron chi connectivity index (χ0n) is 12.3. The molecule has 0 aliphatic heterocycles. The van der Waals surface area contributed by atoms with E-state index in [0.717, 1.165) is 6.42 Å². The van der Waals surface area contributed by atoms with Gasteiger partial charge in [-0.3, -0.25) is 4.79 Å². The van der Waals surface area contributed by atoms with E-state index in [1.54, 1.807) is 25.3 Å². The molecule has 1 rings (SSSR count). The first-order chi connectivity index (χ1) is 10.1. The fraction of sp³-hybridized carbons (Fsp3) is 0.438. The monoisotopic (exact) mass is 309 g/mol. The Hall–Kier alpha value is -1.54. The first kappa shape index (κ1) is 17.5. The van der Waals surface area contributed by atoms with Crippen molar-refractivity contribution in [1.29, 1.82) is 0 Å². The van der Waals surface area contributed by atoms with Gasteiger partial charge in [0.25, 0.3) is 5.91 Å². The average Bonchev–Trinajstić information content (AvgIpc) is 2.48. The number of hydrogen-bond acceptors (Lipinski definition) is 3. The van der Waals surface area contributed by atoms with Crippen molar-refractivity contribution in [3.05, 3.63) is 34.3 Å². The van der Waals surface area contributed by atoms with Crippen molar-refractivity contribution in [2.75, 3.05) is 20.3 Å². The van der Waals surface area contributed by atoms with Crippen LogP contribution in [-0.4, -0.2) is 37.4 Å². The van der Waals surface area contributed by atoms with Gasteiger partial charge in [0, 0.05) is 24.7 Å². The second-order valence-corrected chi connectivity index (χ2v) is 4.91. The number of aliphatic hydroxyl groups is 1. The van der Waals surface area contributed by atoms with Crippen molar-refractivity contribution in [3.8, 4) is 11.8 Å². The standard InChI is InChI=1S/C16H20ClNO3/c1-3-14(11-21-2)18-16(20)13-8-7-12(15(17)10-13)6-4-5-9-19/h7-8,10,14,19H,3,5,9,11H2,1-2H3,(H,18,20). The Kier molecular flexibility index (Phi) is 7.84. The van der Waals surface area contributed by atoms with E-state index in [4.69, 9.17) is 21.4 Å². The average molecular weight is 310 g/mol. The van der Waals surface area contributed by atoms with Gasteiger partial charge in [-0.1, -0.05) is 30.4 Å². The minimum Gasteiger partial charge on any atom is -0.395 e. The zero-order chi connectivity index (χ0) is 15.7. The molecule has 2 N–H and O–H groups in total. The molecule has 0 saturated carbocycles. The predicted molar refractivity (Wildman–Crippen MR) is 83.5 cm³/mol. The molecule has 1 atom stereocenters. The lowest BCUT2D eigenvalue weighted by Crippen LogP contribution is -2.37. The summed E-state index contributed by atoms with van der Waals surface area (Å²) in [4.78, 5) is 12.1. The maximum Gasteiger partial charge on any atom is 0.251 e. The smallest absolute Gasteiger partial charge is 0.251 e. The lowest BCUT2D eigenvalue weighted by atomic mass is 10.1. The number of rotatable bonds is 6. The molecular formula is C16H20ClNO3. The third-order valence-corrected chi connectivity index (χ3v) is 3.20. The first-order valence-electron chi connectivity index (χ1n) is 6.81. The van der Waals surface area contributed by atoms with Crippen LogP contribution in [0.5, 0.6) is 0 Å². The van der Waals surface area contributed by atoms with Crippen LogP contribution in [0.25, 0.3) is 0 Å². The summed E-state index contributed by atoms with van der Waals surface area (Å²) in [5.74, 6) is 5.47. The Morgan fingerprint density at radius 2 is 2.29 bits per heavy atom. The number of aliphatic hydroxyl groups excluding tert-OH is 1. The van der Waals surface area contributed by atoms with Gasteiger partial charge in [0.2, 0.25) is 0 Å². The highest BCUT2D eigenvalue weighted by molar-refractivity contribution is 6.32. The Morgan fingerprint density at radius 1 is 1.52 bits per heavy atom. The molecule has 0 saturated heterocycles. The Labute approximate surface area is 130 Å². The maximum atomic E-state index is 12.1. The van der Waals surface area contributed by atoms with E-state index in [0.29, 0.717) is 29.2 Å². The van der Waals surface area contributed by atoms with Crippen molar-refractivity contribution in [2.45, 2.75) is 25.8 Å². The molecule has 4 nitrogen and oxygen atoms in total. The van der Waals surface area contributed by atoms with Gasteiger partial charge < -0.3 is 15.2 Å². The molecule has 0 bridgehead atoms. The molecule has 0 aliphatic carbocycles. The van der Waals surface area contributed by atoms with E-state index in [1.807, 2.05) is 6.92 Å². The molecule has 0 aromatic heterocycles. The second-order valence-electron chi connectivity index (χ2n) is 4.50. The van der Waals surface area contributed by atoms with Gasteiger partial charge in [0.1, 0.15) is 0 Å². The second kappa shape index (κ2) is 9.41. The first-order valence-corrected chi connectivity index (χ1v) is 7.19. The van der Waals surface area contributed by atoms with Gasteiger partial charge in [0.05, 0.1) is 24.3 Å². The van der Waals surface area contributed by atoms with Crippen LogP contribution in [-0.2, 0) is 4.74 Å². The van der Waals surface area contributed by atoms with Crippen LogP contribution in [0.1, 0.15) is 35.7 Å². The Morgan fingerprint density at radius 3 is 2.86 bits per heavy atom. The van der Waals surface area contributed by atoms with E-state index < -0.39 is 0 Å². The van der Waals surface area contributed by atoms with Crippen LogP contribution in [0.15, 0.2) is 18.2 Å². The van der Waals surface area contributed by atoms with Crippen LogP contribution in [0.2, 0.25) is 5.02 Å². The number of carbonyl (C=O) groups is 1. The van der Waals surface area contributed by atoms with Crippen molar-refractivity contribution >= 4 is 17.5 Å². The van der Waals surface area contributed by atoms with Crippen LogP contribution >= 0.6 is 11.6 Å². The summed E-state index contributed by atoms with van der Waals surface area (Å²) < 4.78 is 5.05. The van der Waals surface area contributed by atoms with E-state index in [9.17, 15) is 4.79 Å². The summed E-state index contributed by atoms with van der Waals surface area (Å²) in [5.41, 5.74) is 1.13. The van der Waals surface area contributed by atoms with Gasteiger partial charge in [0.15, 0.2) is 0 Å². The van der Waals surface area contributed by atoms with Gasteiger partial charge in [-0.25, -0.2) is 0 Å². The topological polar surface area (TPSA) is 58.6 Å². The van der Waals surface area contributed by atoms with E-state index in [-0.39, 0.29) is 18.6 Å². The summed E-state index contributed by atoms with van der Waals surface area (Å²) in [6.07, 6.45) is 1.19. The van der Waals surface area contributed by atoms with Crippen LogP contribution in [0, 0.1) is 11.8 Å². The molecule has 0 fully saturated rings. The fourth-order valence-electron chi connectivity index (χ4n) is 1.70. The lowest BCUT2D eigenvalue weighted by molar-refractivity contribution is 0.0894. The Balaban J connectivity index is 2.79. The summed E-state index contributed by atoms with van der Waals surface area (Å²) >= 11 is 6.11. The minimum absolute atomic E-state index is 0.0169. The molecule has 5 heteroatoms. The van der Waals surface area contributed by atoms with Crippen molar-refractivity contribution in [1.82, 2.24) is 5.32 Å². The van der Waals surface area contributed by atoms with Gasteiger partial charge in [-0.05, 0) is 24.6 Å². The van der Waals surface area contributed by atoms with Gasteiger partial charge in [-0.2, -0.15) is 0 Å². The van der Waals surface area contributed by atoms with E-state index in [2.05, 4.69) is 17.2 Å². The van der Waals surface area contributed by atoms with Gasteiger partial charge >= 0.3 is 0 Å². The highest BCUT2D eigenvalue weighted by Crippen LogP contribution is 2.17.